The molecule has 1 aliphatic rings. The second kappa shape index (κ2) is 8.13. The zero-order valence-electron chi connectivity index (χ0n) is 13.3. The minimum absolute atomic E-state index is 0. The van der Waals surface area contributed by atoms with Gasteiger partial charge in [0.05, 0.1) is 5.69 Å². The molecule has 2 aromatic rings. The monoisotopic (exact) mass is 334 g/mol. The van der Waals surface area contributed by atoms with Gasteiger partial charge in [0, 0.05) is 31.0 Å². The molecule has 1 N–H and O–H groups in total. The number of benzene rings is 1. The van der Waals surface area contributed by atoms with Crippen molar-refractivity contribution >= 4 is 18.3 Å². The molecule has 124 valence electrons. The average molecular weight is 335 g/mol. The van der Waals surface area contributed by atoms with Crippen LogP contribution in [0.3, 0.4) is 0 Å². The topological polar surface area (TPSA) is 50.2 Å². The van der Waals surface area contributed by atoms with E-state index in [1.807, 2.05) is 48.5 Å². The minimum Gasteiger partial charge on any atom is -0.338 e. The molecule has 0 aliphatic carbocycles. The second-order valence-corrected chi connectivity index (χ2v) is 5.81. The number of aromatic nitrogens is 2. The molecule has 1 amide bonds. The van der Waals surface area contributed by atoms with E-state index in [9.17, 15) is 4.79 Å². The number of likely N-dealkylation sites (tertiary alicyclic amines) is 1. The molecule has 2 heterocycles. The van der Waals surface area contributed by atoms with Crippen molar-refractivity contribution in [2.75, 3.05) is 26.7 Å². The zero-order valence-corrected chi connectivity index (χ0v) is 14.1. The van der Waals surface area contributed by atoms with Crippen molar-refractivity contribution in [3.05, 3.63) is 48.3 Å². The summed E-state index contributed by atoms with van der Waals surface area (Å²) in [5.41, 5.74) is 1.72. The van der Waals surface area contributed by atoms with Gasteiger partial charge < -0.3 is 10.2 Å². The summed E-state index contributed by atoms with van der Waals surface area (Å²) in [6.45, 7) is 2.68. The summed E-state index contributed by atoms with van der Waals surface area (Å²) < 4.78 is 1.79. The van der Waals surface area contributed by atoms with E-state index >= 15 is 0 Å². The Labute approximate surface area is 143 Å². The van der Waals surface area contributed by atoms with E-state index in [4.69, 9.17) is 0 Å². The average Bonchev–Trinajstić information content (AvgIpc) is 3.09. The first-order valence-electron chi connectivity index (χ1n) is 7.82. The Morgan fingerprint density at radius 2 is 2.13 bits per heavy atom. The van der Waals surface area contributed by atoms with Crippen LogP contribution in [0.2, 0.25) is 0 Å². The van der Waals surface area contributed by atoms with E-state index < -0.39 is 0 Å². The van der Waals surface area contributed by atoms with Crippen LogP contribution in [-0.4, -0.2) is 47.3 Å². The molecule has 1 aromatic carbocycles. The highest BCUT2D eigenvalue weighted by Gasteiger charge is 2.23. The van der Waals surface area contributed by atoms with E-state index in [-0.39, 0.29) is 18.3 Å². The van der Waals surface area contributed by atoms with E-state index in [2.05, 4.69) is 10.4 Å². The molecule has 0 saturated carbocycles. The van der Waals surface area contributed by atoms with Crippen molar-refractivity contribution in [2.45, 2.75) is 12.8 Å². The summed E-state index contributed by atoms with van der Waals surface area (Å²) in [6.07, 6.45) is 5.92. The Bertz CT molecular complexity index is 610. The van der Waals surface area contributed by atoms with E-state index in [0.29, 0.717) is 5.92 Å². The summed E-state index contributed by atoms with van der Waals surface area (Å²) in [7, 11) is 1.97. The maximum absolute atomic E-state index is 12.6. The van der Waals surface area contributed by atoms with Crippen LogP contribution in [-0.2, 0) is 0 Å². The zero-order chi connectivity index (χ0) is 15.4. The van der Waals surface area contributed by atoms with Crippen molar-refractivity contribution in [3.63, 3.8) is 0 Å². The third-order valence-electron chi connectivity index (χ3n) is 4.18. The number of nitrogens with zero attached hydrogens (tertiary/aromatic N) is 3. The number of rotatable bonds is 4. The van der Waals surface area contributed by atoms with Gasteiger partial charge in [0.15, 0.2) is 0 Å². The summed E-state index contributed by atoms with van der Waals surface area (Å²) >= 11 is 0. The Morgan fingerprint density at radius 3 is 2.78 bits per heavy atom. The maximum atomic E-state index is 12.6. The molecule has 1 aliphatic heterocycles. The molecule has 23 heavy (non-hydrogen) atoms. The molecular weight excluding hydrogens is 312 g/mol. The summed E-state index contributed by atoms with van der Waals surface area (Å²) in [5.74, 6) is 0.693. The number of hydrogen-bond acceptors (Lipinski definition) is 3. The van der Waals surface area contributed by atoms with Crippen LogP contribution < -0.4 is 5.32 Å². The molecule has 5 nitrogen and oxygen atoms in total. The standard InChI is InChI=1S/C17H22N4O.ClH/c1-18-12-14-4-2-10-20(13-14)17(22)15-5-7-16(8-6-15)21-11-3-9-19-21;/h3,5-9,11,14,18H,2,4,10,12-13H2,1H3;1H. The molecular formula is C17H23ClN4O. The van der Waals surface area contributed by atoms with Crippen molar-refractivity contribution in [1.29, 1.82) is 0 Å². The Kier molecular flexibility index (Phi) is 6.19. The fourth-order valence-corrected chi connectivity index (χ4v) is 3.07. The summed E-state index contributed by atoms with van der Waals surface area (Å²) in [4.78, 5) is 14.6. The van der Waals surface area contributed by atoms with Crippen molar-refractivity contribution < 1.29 is 4.79 Å². The lowest BCUT2D eigenvalue weighted by Gasteiger charge is -2.32. The molecule has 6 heteroatoms. The number of piperidine rings is 1. The Hall–Kier alpha value is -1.85. The highest BCUT2D eigenvalue weighted by molar-refractivity contribution is 5.94. The van der Waals surface area contributed by atoms with Crippen LogP contribution >= 0.6 is 12.4 Å². The largest absolute Gasteiger partial charge is 0.338 e. The van der Waals surface area contributed by atoms with Crippen LogP contribution in [0.4, 0.5) is 0 Å². The van der Waals surface area contributed by atoms with Gasteiger partial charge in [-0.3, -0.25) is 4.79 Å². The predicted molar refractivity (Wildman–Crippen MR) is 93.4 cm³/mol. The van der Waals surface area contributed by atoms with E-state index in [1.54, 1.807) is 10.9 Å². The number of carbonyl (C=O) groups is 1. The molecule has 0 bridgehead atoms. The van der Waals surface area contributed by atoms with Crippen molar-refractivity contribution in [2.24, 2.45) is 5.92 Å². The summed E-state index contributed by atoms with van der Waals surface area (Å²) in [6, 6.07) is 9.54. The smallest absolute Gasteiger partial charge is 0.253 e. The van der Waals surface area contributed by atoms with Crippen molar-refractivity contribution in [1.82, 2.24) is 20.0 Å². The lowest BCUT2D eigenvalue weighted by molar-refractivity contribution is 0.0674. The predicted octanol–water partition coefficient (Wildman–Crippen LogP) is 2.37. The summed E-state index contributed by atoms with van der Waals surface area (Å²) in [5, 5.41) is 7.41. The van der Waals surface area contributed by atoms with Gasteiger partial charge in [-0.05, 0) is 62.7 Å². The molecule has 0 spiro atoms. The van der Waals surface area contributed by atoms with E-state index in [0.717, 1.165) is 37.3 Å². The van der Waals surface area contributed by atoms with Crippen LogP contribution in [0.15, 0.2) is 42.7 Å². The fraction of sp³-hybridized carbons (Fsp3) is 0.412. The highest BCUT2D eigenvalue weighted by Crippen LogP contribution is 2.19. The maximum Gasteiger partial charge on any atom is 0.253 e. The lowest BCUT2D eigenvalue weighted by atomic mass is 9.97. The first-order chi connectivity index (χ1) is 10.8. The molecule has 1 aromatic heterocycles. The van der Waals surface area contributed by atoms with E-state index in [1.165, 1.54) is 6.42 Å². The quantitative estimate of drug-likeness (QED) is 0.934. The van der Waals surface area contributed by atoms with Crippen LogP contribution in [0.5, 0.6) is 0 Å². The second-order valence-electron chi connectivity index (χ2n) is 5.81. The van der Waals surface area contributed by atoms with Gasteiger partial charge in [0.1, 0.15) is 0 Å². The van der Waals surface area contributed by atoms with Gasteiger partial charge in [-0.25, -0.2) is 4.68 Å². The van der Waals surface area contributed by atoms with Gasteiger partial charge in [-0.1, -0.05) is 0 Å². The minimum atomic E-state index is 0. The SMILES string of the molecule is CNCC1CCCN(C(=O)c2ccc(-n3cccn3)cc2)C1.Cl. The molecule has 1 unspecified atom stereocenters. The number of amides is 1. The fourth-order valence-electron chi connectivity index (χ4n) is 3.07. The first kappa shape index (κ1) is 17.5. The molecule has 1 atom stereocenters. The molecule has 0 radical (unpaired) electrons. The number of carbonyl (C=O) groups excluding carboxylic acids is 1. The van der Waals surface area contributed by atoms with Gasteiger partial charge in [0.2, 0.25) is 0 Å². The molecule has 1 fully saturated rings. The normalized spacial score (nSPS) is 17.6. The molecule has 1 saturated heterocycles. The molecule has 3 rings (SSSR count). The van der Waals surface area contributed by atoms with Crippen LogP contribution in [0, 0.1) is 5.92 Å². The van der Waals surface area contributed by atoms with Crippen LogP contribution in [0.1, 0.15) is 23.2 Å². The highest BCUT2D eigenvalue weighted by atomic mass is 35.5. The first-order valence-corrected chi connectivity index (χ1v) is 7.82. The third kappa shape index (κ3) is 4.12. The number of hydrogen-bond donors (Lipinski definition) is 1. The third-order valence-corrected chi connectivity index (χ3v) is 4.18. The van der Waals surface area contributed by atoms with Gasteiger partial charge >= 0.3 is 0 Å². The number of halogens is 1. The van der Waals surface area contributed by atoms with Gasteiger partial charge in [0.25, 0.3) is 5.91 Å². The van der Waals surface area contributed by atoms with Crippen molar-refractivity contribution in [3.8, 4) is 5.69 Å². The van der Waals surface area contributed by atoms with Gasteiger partial charge in [-0.2, -0.15) is 5.10 Å². The Balaban J connectivity index is 0.00000192. The van der Waals surface area contributed by atoms with Crippen LogP contribution in [0.25, 0.3) is 5.69 Å². The number of nitrogens with one attached hydrogen (secondary N) is 1. The lowest BCUT2D eigenvalue weighted by Crippen LogP contribution is -2.42. The van der Waals surface area contributed by atoms with Gasteiger partial charge in [-0.15, -0.1) is 12.4 Å². The Morgan fingerprint density at radius 1 is 1.35 bits per heavy atom.